The van der Waals surface area contributed by atoms with E-state index in [2.05, 4.69) is 22.1 Å². The van der Waals surface area contributed by atoms with Gasteiger partial charge in [0.25, 0.3) is 0 Å². The number of carbonyl (C=O) groups excluding carboxylic acids is 1. The molecule has 2 aromatic rings. The average Bonchev–Trinajstić information content (AvgIpc) is 3.23. The fourth-order valence-electron chi connectivity index (χ4n) is 3.13. The summed E-state index contributed by atoms with van der Waals surface area (Å²) in [7, 11) is 3.46. The lowest BCUT2D eigenvalue weighted by atomic mass is 9.98. The lowest BCUT2D eigenvalue weighted by Gasteiger charge is -2.32. The van der Waals surface area contributed by atoms with Gasteiger partial charge in [0.05, 0.1) is 24.8 Å². The first-order chi connectivity index (χ1) is 12.1. The van der Waals surface area contributed by atoms with Crippen molar-refractivity contribution >= 4 is 5.91 Å². The Morgan fingerprint density at radius 1 is 1.48 bits per heavy atom. The Hall–Kier alpha value is -2.19. The molecular formula is C17H25N5O3. The second kappa shape index (κ2) is 7.79. The summed E-state index contributed by atoms with van der Waals surface area (Å²) in [6.07, 6.45) is 3.45. The number of likely N-dealkylation sites (N-methyl/N-ethyl adjacent to an activating group) is 1. The van der Waals surface area contributed by atoms with Gasteiger partial charge in [0.2, 0.25) is 5.91 Å². The molecule has 8 heteroatoms. The molecule has 25 heavy (non-hydrogen) atoms. The van der Waals surface area contributed by atoms with Gasteiger partial charge in [-0.15, -0.1) is 5.10 Å². The minimum absolute atomic E-state index is 0.0339. The van der Waals surface area contributed by atoms with Gasteiger partial charge in [-0.25, -0.2) is 4.68 Å². The van der Waals surface area contributed by atoms with Gasteiger partial charge in [-0.1, -0.05) is 5.21 Å². The SMILES string of the molecule is CCn1nnc2c1[C@@H](COCC(=O)N(C)C)CN(Cc1ccoc1)C2. The summed E-state index contributed by atoms with van der Waals surface area (Å²) >= 11 is 0. The maximum atomic E-state index is 11.7. The van der Waals surface area contributed by atoms with E-state index in [0.29, 0.717) is 6.61 Å². The summed E-state index contributed by atoms with van der Waals surface area (Å²) in [5.41, 5.74) is 3.25. The molecular weight excluding hydrogens is 322 g/mol. The number of rotatable bonds is 7. The first-order valence-electron chi connectivity index (χ1n) is 8.52. The third-order valence-corrected chi connectivity index (χ3v) is 4.41. The van der Waals surface area contributed by atoms with Crippen LogP contribution in [0.25, 0.3) is 0 Å². The molecule has 0 aromatic carbocycles. The predicted molar refractivity (Wildman–Crippen MR) is 90.8 cm³/mol. The molecule has 0 bridgehead atoms. The van der Waals surface area contributed by atoms with Crippen LogP contribution in [-0.2, 0) is 29.2 Å². The van der Waals surface area contributed by atoms with Crippen LogP contribution in [0.15, 0.2) is 23.0 Å². The first kappa shape index (κ1) is 17.6. The molecule has 0 saturated heterocycles. The van der Waals surface area contributed by atoms with E-state index in [9.17, 15) is 4.79 Å². The van der Waals surface area contributed by atoms with Crippen molar-refractivity contribution < 1.29 is 13.9 Å². The third kappa shape index (κ3) is 4.08. The number of ether oxygens (including phenoxy) is 1. The molecule has 0 fully saturated rings. The van der Waals surface area contributed by atoms with E-state index in [0.717, 1.165) is 43.1 Å². The number of nitrogens with zero attached hydrogens (tertiary/aromatic N) is 5. The maximum Gasteiger partial charge on any atom is 0.248 e. The standard InChI is InChI=1S/C17H25N5O3/c1-4-22-17-14(11-25-12-16(23)20(2)3)8-21(9-15(17)18-19-22)7-13-5-6-24-10-13/h5-6,10,14H,4,7-9,11-12H2,1-3H3/t14-/m1/s1. The molecule has 3 heterocycles. The number of aromatic nitrogens is 3. The molecule has 1 aliphatic heterocycles. The monoisotopic (exact) mass is 347 g/mol. The molecule has 1 atom stereocenters. The summed E-state index contributed by atoms with van der Waals surface area (Å²) in [5.74, 6) is 0.106. The Balaban J connectivity index is 1.70. The van der Waals surface area contributed by atoms with E-state index < -0.39 is 0 Å². The summed E-state index contributed by atoms with van der Waals surface area (Å²) in [4.78, 5) is 15.6. The number of furan rings is 1. The van der Waals surface area contributed by atoms with Gasteiger partial charge < -0.3 is 14.1 Å². The highest BCUT2D eigenvalue weighted by Crippen LogP contribution is 2.28. The Morgan fingerprint density at radius 3 is 3.00 bits per heavy atom. The Kier molecular flexibility index (Phi) is 5.50. The minimum atomic E-state index is -0.0339. The molecule has 0 spiro atoms. The van der Waals surface area contributed by atoms with Gasteiger partial charge in [0, 0.05) is 51.8 Å². The number of hydrogen-bond donors (Lipinski definition) is 0. The Morgan fingerprint density at radius 2 is 2.32 bits per heavy atom. The molecule has 0 saturated carbocycles. The van der Waals surface area contributed by atoms with Crippen molar-refractivity contribution in [1.82, 2.24) is 24.8 Å². The number of aryl methyl sites for hydroxylation is 1. The van der Waals surface area contributed by atoms with Crippen LogP contribution >= 0.6 is 0 Å². The summed E-state index contributed by atoms with van der Waals surface area (Å²) in [6.45, 7) is 5.78. The van der Waals surface area contributed by atoms with Crippen molar-refractivity contribution in [2.24, 2.45) is 0 Å². The Labute approximate surface area is 147 Å². The van der Waals surface area contributed by atoms with Crippen molar-refractivity contribution in [2.45, 2.75) is 32.5 Å². The van der Waals surface area contributed by atoms with E-state index in [-0.39, 0.29) is 18.4 Å². The fraction of sp³-hybridized carbons (Fsp3) is 0.588. The summed E-state index contributed by atoms with van der Waals surface area (Å²) < 4.78 is 12.8. The second-order valence-electron chi connectivity index (χ2n) is 6.54. The second-order valence-corrected chi connectivity index (χ2v) is 6.54. The molecule has 8 nitrogen and oxygen atoms in total. The number of amides is 1. The molecule has 0 radical (unpaired) electrons. The first-order valence-corrected chi connectivity index (χ1v) is 8.52. The van der Waals surface area contributed by atoms with Crippen molar-refractivity contribution in [3.63, 3.8) is 0 Å². The van der Waals surface area contributed by atoms with E-state index in [4.69, 9.17) is 9.15 Å². The maximum absolute atomic E-state index is 11.7. The smallest absolute Gasteiger partial charge is 0.248 e. The van der Waals surface area contributed by atoms with Crippen LogP contribution in [0.2, 0.25) is 0 Å². The van der Waals surface area contributed by atoms with Crippen molar-refractivity contribution in [1.29, 1.82) is 0 Å². The Bertz CT molecular complexity index is 695. The predicted octanol–water partition coefficient (Wildman–Crippen LogP) is 1.10. The molecule has 1 aliphatic rings. The molecule has 136 valence electrons. The van der Waals surface area contributed by atoms with Crippen molar-refractivity contribution in [2.75, 3.05) is 33.9 Å². The van der Waals surface area contributed by atoms with Gasteiger partial charge in [0.15, 0.2) is 0 Å². The van der Waals surface area contributed by atoms with Crippen molar-refractivity contribution in [3.8, 4) is 0 Å². The fourth-order valence-corrected chi connectivity index (χ4v) is 3.13. The molecule has 0 aliphatic carbocycles. The van der Waals surface area contributed by atoms with E-state index in [1.54, 1.807) is 26.6 Å². The molecule has 0 N–H and O–H groups in total. The molecule has 3 rings (SSSR count). The normalized spacial score (nSPS) is 17.5. The lowest BCUT2D eigenvalue weighted by molar-refractivity contribution is -0.133. The van der Waals surface area contributed by atoms with Crippen molar-refractivity contribution in [3.05, 3.63) is 35.5 Å². The quantitative estimate of drug-likeness (QED) is 0.746. The van der Waals surface area contributed by atoms with Gasteiger partial charge in [-0.2, -0.15) is 0 Å². The number of fused-ring (bicyclic) bond motifs is 1. The van der Waals surface area contributed by atoms with Crippen LogP contribution in [0.4, 0.5) is 0 Å². The van der Waals surface area contributed by atoms with Crippen LogP contribution in [0.3, 0.4) is 0 Å². The van der Waals surface area contributed by atoms with E-state index in [1.807, 2.05) is 10.7 Å². The van der Waals surface area contributed by atoms with E-state index >= 15 is 0 Å². The largest absolute Gasteiger partial charge is 0.472 e. The lowest BCUT2D eigenvalue weighted by Crippen LogP contribution is -2.36. The number of hydrogen-bond acceptors (Lipinski definition) is 6. The van der Waals surface area contributed by atoms with Gasteiger partial charge >= 0.3 is 0 Å². The highest BCUT2D eigenvalue weighted by atomic mass is 16.5. The zero-order valence-corrected chi connectivity index (χ0v) is 15.0. The van der Waals surface area contributed by atoms with E-state index in [1.165, 1.54) is 4.90 Å². The summed E-state index contributed by atoms with van der Waals surface area (Å²) in [5, 5.41) is 8.61. The minimum Gasteiger partial charge on any atom is -0.472 e. The molecule has 1 amide bonds. The van der Waals surface area contributed by atoms with Gasteiger partial charge in [-0.3, -0.25) is 9.69 Å². The van der Waals surface area contributed by atoms with Crippen LogP contribution in [-0.4, -0.2) is 64.6 Å². The van der Waals surface area contributed by atoms with Crippen LogP contribution in [0.1, 0.15) is 29.8 Å². The third-order valence-electron chi connectivity index (χ3n) is 4.41. The highest BCUT2D eigenvalue weighted by molar-refractivity contribution is 5.76. The van der Waals surface area contributed by atoms with Crippen LogP contribution in [0, 0.1) is 0 Å². The van der Waals surface area contributed by atoms with Gasteiger partial charge in [0.1, 0.15) is 12.3 Å². The van der Waals surface area contributed by atoms with Crippen LogP contribution in [0.5, 0.6) is 0 Å². The highest BCUT2D eigenvalue weighted by Gasteiger charge is 2.31. The topological polar surface area (TPSA) is 76.6 Å². The molecule has 2 aromatic heterocycles. The van der Waals surface area contributed by atoms with Gasteiger partial charge in [-0.05, 0) is 13.0 Å². The van der Waals surface area contributed by atoms with Crippen LogP contribution < -0.4 is 0 Å². The zero-order chi connectivity index (χ0) is 17.8. The zero-order valence-electron chi connectivity index (χ0n) is 15.0. The average molecular weight is 347 g/mol. The summed E-state index contributed by atoms with van der Waals surface area (Å²) in [6, 6.07) is 1.97. The molecule has 0 unspecified atom stereocenters. The number of carbonyl (C=O) groups is 1.